The van der Waals surface area contributed by atoms with Crippen molar-refractivity contribution in [1.29, 1.82) is 0 Å². The van der Waals surface area contributed by atoms with Gasteiger partial charge in [-0.1, -0.05) is 60.7 Å². The molecule has 5 aromatic rings. The van der Waals surface area contributed by atoms with Crippen LogP contribution in [0.4, 0.5) is 13.2 Å². The predicted octanol–water partition coefficient (Wildman–Crippen LogP) is 4.95. The molecule has 13 heteroatoms. The Morgan fingerprint density at radius 3 is 2.17 bits per heavy atom. The van der Waals surface area contributed by atoms with Crippen molar-refractivity contribution < 1.29 is 22.6 Å². The highest BCUT2D eigenvalue weighted by Crippen LogP contribution is 2.39. The van der Waals surface area contributed by atoms with E-state index in [0.717, 1.165) is 18.7 Å². The van der Waals surface area contributed by atoms with E-state index in [1.807, 2.05) is 36.3 Å². The first-order valence-corrected chi connectivity index (χ1v) is 14.9. The van der Waals surface area contributed by atoms with Gasteiger partial charge in [0.15, 0.2) is 5.75 Å². The monoisotopic (exact) mass is 632 g/mol. The fourth-order valence-corrected chi connectivity index (χ4v) is 6.39. The quantitative estimate of drug-likeness (QED) is 0.214. The van der Waals surface area contributed by atoms with Crippen LogP contribution in [0.15, 0.2) is 85.2 Å². The number of hydrogen-bond acceptors (Lipinski definition) is 8. The average Bonchev–Trinajstić information content (AvgIpc) is 3.72. The molecule has 240 valence electrons. The maximum absolute atomic E-state index is 13.8. The summed E-state index contributed by atoms with van der Waals surface area (Å²) in [6.07, 6.45) is -0.811. The molecule has 1 aliphatic heterocycles. The molecular weight excluding hydrogens is 597 g/mol. The van der Waals surface area contributed by atoms with E-state index in [-0.39, 0.29) is 23.4 Å². The number of nitrogens with zero attached hydrogens (tertiary/aromatic N) is 8. The SMILES string of the molecule is COc1ccc(-n2nnnc2C(F)(F)F)c(OC)c1CN1CCN(Cc2cnn(C)c2)[C@H](C(c2ccccc2)c2ccccc2)C1. The second kappa shape index (κ2) is 13.3. The van der Waals surface area contributed by atoms with E-state index in [2.05, 4.69) is 79.0 Å². The fourth-order valence-electron chi connectivity index (χ4n) is 6.39. The summed E-state index contributed by atoms with van der Waals surface area (Å²) in [5.74, 6) is -0.472. The summed E-state index contributed by atoms with van der Waals surface area (Å²) in [6, 6.07) is 24.1. The van der Waals surface area contributed by atoms with E-state index in [1.165, 1.54) is 31.4 Å². The van der Waals surface area contributed by atoms with Crippen molar-refractivity contribution in [3.63, 3.8) is 0 Å². The number of tetrazole rings is 1. The second-order valence-electron chi connectivity index (χ2n) is 11.3. The van der Waals surface area contributed by atoms with E-state index >= 15 is 0 Å². The van der Waals surface area contributed by atoms with Crippen molar-refractivity contribution in [2.75, 3.05) is 33.9 Å². The first-order chi connectivity index (χ1) is 22.3. The molecule has 3 aromatic carbocycles. The predicted molar refractivity (Wildman–Crippen MR) is 165 cm³/mol. The van der Waals surface area contributed by atoms with Crippen LogP contribution < -0.4 is 9.47 Å². The molecule has 0 saturated carbocycles. The number of benzene rings is 3. The summed E-state index contributed by atoms with van der Waals surface area (Å²) in [5.41, 5.74) is 4.22. The number of aryl methyl sites for hydroxylation is 1. The molecule has 1 fully saturated rings. The summed E-state index contributed by atoms with van der Waals surface area (Å²) in [7, 11) is 4.87. The minimum Gasteiger partial charge on any atom is -0.496 e. The van der Waals surface area contributed by atoms with Gasteiger partial charge in [0, 0.05) is 63.5 Å². The Bertz CT molecular complexity index is 1700. The lowest BCUT2D eigenvalue weighted by Crippen LogP contribution is -2.54. The molecule has 0 bridgehead atoms. The van der Waals surface area contributed by atoms with Crippen LogP contribution in [-0.4, -0.2) is 79.7 Å². The van der Waals surface area contributed by atoms with Crippen LogP contribution in [-0.2, 0) is 26.3 Å². The number of piperazine rings is 1. The van der Waals surface area contributed by atoms with Gasteiger partial charge in [-0.3, -0.25) is 14.5 Å². The summed E-state index contributed by atoms with van der Waals surface area (Å²) in [4.78, 5) is 4.80. The largest absolute Gasteiger partial charge is 0.496 e. The Hall–Kier alpha value is -4.75. The lowest BCUT2D eigenvalue weighted by molar-refractivity contribution is -0.146. The Morgan fingerprint density at radius 1 is 0.891 bits per heavy atom. The Labute approximate surface area is 265 Å². The van der Waals surface area contributed by atoms with Crippen LogP contribution >= 0.6 is 0 Å². The van der Waals surface area contributed by atoms with Crippen molar-refractivity contribution in [3.05, 3.63) is 113 Å². The fraction of sp³-hybridized carbons (Fsp3) is 0.333. The molecule has 0 unspecified atom stereocenters. The number of methoxy groups -OCH3 is 2. The van der Waals surface area contributed by atoms with Gasteiger partial charge in [-0.15, -0.1) is 5.10 Å². The van der Waals surface area contributed by atoms with Gasteiger partial charge < -0.3 is 9.47 Å². The van der Waals surface area contributed by atoms with Crippen molar-refractivity contribution in [2.45, 2.75) is 31.2 Å². The maximum atomic E-state index is 13.8. The molecule has 6 rings (SSSR count). The topological polar surface area (TPSA) is 86.4 Å². The number of ether oxygens (including phenoxy) is 2. The minimum absolute atomic E-state index is 0.0487. The molecule has 0 amide bonds. The molecular formula is C33H35F3N8O2. The molecule has 0 spiro atoms. The van der Waals surface area contributed by atoms with Crippen molar-refractivity contribution in [2.24, 2.45) is 7.05 Å². The summed E-state index contributed by atoms with van der Waals surface area (Å²) in [5, 5.41) is 14.6. The number of aromatic nitrogens is 6. The number of alkyl halides is 3. The molecule has 0 aliphatic carbocycles. The van der Waals surface area contributed by atoms with Crippen LogP contribution in [0.2, 0.25) is 0 Å². The van der Waals surface area contributed by atoms with Crippen LogP contribution in [0.5, 0.6) is 11.5 Å². The van der Waals surface area contributed by atoms with E-state index in [0.29, 0.717) is 35.6 Å². The zero-order valence-corrected chi connectivity index (χ0v) is 25.8. The Morgan fingerprint density at radius 2 is 1.59 bits per heavy atom. The van der Waals surface area contributed by atoms with E-state index in [1.54, 1.807) is 6.07 Å². The third-order valence-corrected chi connectivity index (χ3v) is 8.42. The molecule has 0 N–H and O–H groups in total. The Kier molecular flexibility index (Phi) is 9.04. The summed E-state index contributed by atoms with van der Waals surface area (Å²) >= 11 is 0. The molecule has 0 radical (unpaired) electrons. The van der Waals surface area contributed by atoms with Crippen LogP contribution in [0, 0.1) is 0 Å². The third kappa shape index (κ3) is 6.46. The molecule has 3 heterocycles. The van der Waals surface area contributed by atoms with Crippen molar-refractivity contribution >= 4 is 0 Å². The average molecular weight is 633 g/mol. The van der Waals surface area contributed by atoms with Gasteiger partial charge in [-0.2, -0.15) is 23.0 Å². The van der Waals surface area contributed by atoms with E-state index < -0.39 is 12.0 Å². The molecule has 1 atom stereocenters. The van der Waals surface area contributed by atoms with Gasteiger partial charge >= 0.3 is 6.18 Å². The highest BCUT2D eigenvalue weighted by Gasteiger charge is 2.40. The summed E-state index contributed by atoms with van der Waals surface area (Å²) < 4.78 is 55.2. The highest BCUT2D eigenvalue weighted by atomic mass is 19.4. The first-order valence-electron chi connectivity index (χ1n) is 14.9. The zero-order chi connectivity index (χ0) is 32.3. The van der Waals surface area contributed by atoms with Crippen molar-refractivity contribution in [1.82, 2.24) is 39.8 Å². The Balaban J connectivity index is 1.39. The second-order valence-corrected chi connectivity index (χ2v) is 11.3. The normalized spacial score (nSPS) is 16.2. The van der Waals surface area contributed by atoms with E-state index in [4.69, 9.17) is 9.47 Å². The van der Waals surface area contributed by atoms with Crippen LogP contribution in [0.25, 0.3) is 5.69 Å². The molecule has 10 nitrogen and oxygen atoms in total. The van der Waals surface area contributed by atoms with E-state index in [9.17, 15) is 13.2 Å². The van der Waals surface area contributed by atoms with Gasteiger partial charge in [0.25, 0.3) is 5.82 Å². The lowest BCUT2D eigenvalue weighted by atomic mass is 9.83. The maximum Gasteiger partial charge on any atom is 0.453 e. The summed E-state index contributed by atoms with van der Waals surface area (Å²) in [6.45, 7) is 3.23. The third-order valence-electron chi connectivity index (χ3n) is 8.42. The van der Waals surface area contributed by atoms with Crippen LogP contribution in [0.3, 0.4) is 0 Å². The van der Waals surface area contributed by atoms with Gasteiger partial charge in [-0.25, -0.2) is 0 Å². The molecule has 46 heavy (non-hydrogen) atoms. The van der Waals surface area contributed by atoms with Gasteiger partial charge in [0.2, 0.25) is 0 Å². The molecule has 1 saturated heterocycles. The molecule has 1 aliphatic rings. The number of rotatable bonds is 10. The highest BCUT2D eigenvalue weighted by molar-refractivity contribution is 5.58. The molecule has 2 aromatic heterocycles. The number of halogens is 3. The first kappa shape index (κ1) is 31.2. The van der Waals surface area contributed by atoms with Crippen LogP contribution in [0.1, 0.15) is 34.0 Å². The van der Waals surface area contributed by atoms with Gasteiger partial charge in [0.1, 0.15) is 11.4 Å². The zero-order valence-electron chi connectivity index (χ0n) is 25.8. The standard InChI is InChI=1S/C33H35F3N8O2/c1-41-19-23(18-37-41)20-43-17-16-42(22-28(43)30(24-10-6-4-7-11-24)25-12-8-5-9-13-25)21-26-29(45-2)15-14-27(31(26)46-3)44-32(33(34,35)36)38-39-40-44/h4-15,18-19,28,30H,16-17,20-22H2,1-3H3/t28-/m0/s1. The van der Waals surface area contributed by atoms with Gasteiger partial charge in [0.05, 0.1) is 26.0 Å². The van der Waals surface area contributed by atoms with Gasteiger partial charge in [-0.05, 0) is 33.7 Å². The number of hydrogen-bond donors (Lipinski definition) is 0. The smallest absolute Gasteiger partial charge is 0.453 e. The minimum atomic E-state index is -4.75. The lowest BCUT2D eigenvalue weighted by Gasteiger charge is -2.45. The van der Waals surface area contributed by atoms with Crippen molar-refractivity contribution in [3.8, 4) is 17.2 Å².